The molecule has 0 heterocycles. The second kappa shape index (κ2) is 10.3. The van der Waals surface area contributed by atoms with Crippen LogP contribution in [0.2, 0.25) is 6.55 Å². The molecule has 0 aliphatic heterocycles. The zero-order valence-corrected chi connectivity index (χ0v) is 13.3. The molecule has 4 nitrogen and oxygen atoms in total. The first-order valence-corrected chi connectivity index (χ1v) is 9.06. The summed E-state index contributed by atoms with van der Waals surface area (Å²) >= 11 is 3.70. The monoisotopic (exact) mass is 282 g/mol. The van der Waals surface area contributed by atoms with Crippen molar-refractivity contribution >= 4 is 21.5 Å². The van der Waals surface area contributed by atoms with Crippen molar-refractivity contribution in [3.63, 3.8) is 0 Å². The van der Waals surface area contributed by atoms with Gasteiger partial charge in [-0.05, 0) is 46.1 Å². The van der Waals surface area contributed by atoms with Gasteiger partial charge >= 0.3 is 8.56 Å². The molecule has 0 aromatic rings. The lowest BCUT2D eigenvalue weighted by atomic mass is 10.5. The van der Waals surface area contributed by atoms with Crippen LogP contribution in [0.3, 0.4) is 0 Å². The third kappa shape index (κ3) is 6.78. The molecule has 0 saturated carbocycles. The molecule has 0 saturated heterocycles. The molecule has 0 fully saturated rings. The molecule has 0 rings (SSSR count). The Morgan fingerprint density at radius 2 is 1.65 bits per heavy atom. The van der Waals surface area contributed by atoms with Gasteiger partial charge in [-0.25, -0.2) is 0 Å². The summed E-state index contributed by atoms with van der Waals surface area (Å²) in [5.74, 6) is 0. The van der Waals surface area contributed by atoms with E-state index in [-0.39, 0.29) is 5.73 Å². The average Bonchev–Trinajstić information content (AvgIpc) is 2.29. The summed E-state index contributed by atoms with van der Waals surface area (Å²) in [6.45, 7) is 10.7. The Labute approximate surface area is 112 Å². The van der Waals surface area contributed by atoms with Crippen molar-refractivity contribution in [2.75, 3.05) is 26.4 Å². The topological polar surface area (TPSA) is 36.9 Å². The van der Waals surface area contributed by atoms with E-state index in [1.807, 2.05) is 13.8 Å². The highest BCUT2D eigenvalue weighted by Gasteiger charge is 2.40. The molecule has 104 valence electrons. The van der Waals surface area contributed by atoms with Gasteiger partial charge in [-0.1, -0.05) is 6.92 Å². The number of rotatable bonds is 11. The van der Waals surface area contributed by atoms with Gasteiger partial charge < -0.3 is 17.8 Å². The molecule has 0 spiro atoms. The Kier molecular flexibility index (Phi) is 10.6. The molecular weight excluding hydrogens is 256 g/mol. The first-order valence-electron chi connectivity index (χ1n) is 6.30. The van der Waals surface area contributed by atoms with Crippen LogP contribution >= 0.6 is 12.9 Å². The molecule has 1 atom stereocenters. The lowest BCUT2D eigenvalue weighted by Crippen LogP contribution is -2.52. The van der Waals surface area contributed by atoms with Crippen LogP contribution in [0.4, 0.5) is 0 Å². The SMILES string of the molecule is CCO[Si](C)(OCC)C(CC)OCCCOS. The zero-order valence-electron chi connectivity index (χ0n) is 11.4. The van der Waals surface area contributed by atoms with Crippen molar-refractivity contribution in [1.29, 1.82) is 0 Å². The van der Waals surface area contributed by atoms with E-state index >= 15 is 0 Å². The van der Waals surface area contributed by atoms with E-state index in [0.29, 0.717) is 26.4 Å². The minimum atomic E-state index is -2.22. The normalized spacial score (nSPS) is 13.9. The lowest BCUT2D eigenvalue weighted by Gasteiger charge is -2.33. The maximum absolute atomic E-state index is 5.86. The number of thiol groups is 1. The van der Waals surface area contributed by atoms with Crippen LogP contribution in [0, 0.1) is 0 Å². The van der Waals surface area contributed by atoms with Crippen LogP contribution in [0.15, 0.2) is 0 Å². The lowest BCUT2D eigenvalue weighted by molar-refractivity contribution is 0.0422. The molecule has 0 bridgehead atoms. The van der Waals surface area contributed by atoms with Gasteiger partial charge in [-0.3, -0.25) is 0 Å². The fourth-order valence-electron chi connectivity index (χ4n) is 1.79. The predicted octanol–water partition coefficient (Wildman–Crippen LogP) is 2.72. The molecule has 0 aliphatic rings. The molecule has 0 radical (unpaired) electrons. The van der Waals surface area contributed by atoms with Crippen molar-refractivity contribution in [3.05, 3.63) is 0 Å². The van der Waals surface area contributed by atoms with Crippen LogP contribution in [-0.2, 0) is 17.8 Å². The van der Waals surface area contributed by atoms with Gasteiger partial charge in [-0.15, -0.1) is 0 Å². The van der Waals surface area contributed by atoms with Crippen LogP contribution in [0.25, 0.3) is 0 Å². The third-order valence-corrected chi connectivity index (χ3v) is 6.17. The summed E-state index contributed by atoms with van der Waals surface area (Å²) in [4.78, 5) is 0. The van der Waals surface area contributed by atoms with Gasteiger partial charge in [0.2, 0.25) is 0 Å². The maximum atomic E-state index is 5.86. The fourth-order valence-corrected chi connectivity index (χ4v) is 4.68. The second-order valence-electron chi connectivity index (χ2n) is 3.84. The number of ether oxygens (including phenoxy) is 1. The fraction of sp³-hybridized carbons (Fsp3) is 1.00. The molecule has 0 aliphatic carbocycles. The first-order chi connectivity index (χ1) is 8.14. The smallest absolute Gasteiger partial charge is 0.364 e. The van der Waals surface area contributed by atoms with Crippen LogP contribution in [0.1, 0.15) is 33.6 Å². The van der Waals surface area contributed by atoms with Gasteiger partial charge in [0.25, 0.3) is 0 Å². The van der Waals surface area contributed by atoms with Crippen molar-refractivity contribution in [2.24, 2.45) is 0 Å². The van der Waals surface area contributed by atoms with E-state index in [0.717, 1.165) is 12.8 Å². The average molecular weight is 282 g/mol. The molecule has 0 aromatic heterocycles. The zero-order chi connectivity index (χ0) is 13.1. The van der Waals surface area contributed by atoms with E-state index in [1.165, 1.54) is 0 Å². The highest BCUT2D eigenvalue weighted by Crippen LogP contribution is 2.19. The summed E-state index contributed by atoms with van der Waals surface area (Å²) in [6, 6.07) is 0. The van der Waals surface area contributed by atoms with E-state index in [1.54, 1.807) is 0 Å². The Morgan fingerprint density at radius 3 is 2.06 bits per heavy atom. The van der Waals surface area contributed by atoms with E-state index < -0.39 is 8.56 Å². The number of hydrogen-bond donors (Lipinski definition) is 1. The standard InChI is InChI=1S/C11H26O4SSi/c1-5-11(12-9-8-10-13-16)17(4,14-6-2)15-7-3/h11,16H,5-10H2,1-4H3. The van der Waals surface area contributed by atoms with Crippen molar-refractivity contribution in [2.45, 2.75) is 45.9 Å². The molecular formula is C11H26O4SSi. The van der Waals surface area contributed by atoms with Gasteiger partial charge in [0.15, 0.2) is 0 Å². The van der Waals surface area contributed by atoms with Crippen molar-refractivity contribution in [1.82, 2.24) is 0 Å². The summed E-state index contributed by atoms with van der Waals surface area (Å²) in [5, 5.41) is 0. The van der Waals surface area contributed by atoms with Gasteiger partial charge in [0.05, 0.1) is 6.61 Å². The Hall–Kier alpha value is 0.407. The maximum Gasteiger partial charge on any atom is 0.364 e. The third-order valence-electron chi connectivity index (χ3n) is 2.52. The largest absolute Gasteiger partial charge is 0.393 e. The second-order valence-corrected chi connectivity index (χ2v) is 7.35. The van der Waals surface area contributed by atoms with E-state index in [9.17, 15) is 0 Å². The predicted molar refractivity (Wildman–Crippen MR) is 74.5 cm³/mol. The van der Waals surface area contributed by atoms with Gasteiger partial charge in [-0.2, -0.15) is 0 Å². The van der Waals surface area contributed by atoms with Crippen LogP contribution in [-0.4, -0.2) is 40.7 Å². The van der Waals surface area contributed by atoms with E-state index in [4.69, 9.17) is 17.8 Å². The minimum Gasteiger partial charge on any atom is -0.393 e. The summed E-state index contributed by atoms with van der Waals surface area (Å²) in [7, 11) is -2.22. The molecule has 1 unspecified atom stereocenters. The minimum absolute atomic E-state index is 0.0716. The summed E-state index contributed by atoms with van der Waals surface area (Å²) < 4.78 is 22.2. The Bertz CT molecular complexity index is 177. The first kappa shape index (κ1) is 17.4. The van der Waals surface area contributed by atoms with Crippen LogP contribution in [0.5, 0.6) is 0 Å². The molecule has 0 N–H and O–H groups in total. The quantitative estimate of drug-likeness (QED) is 0.274. The highest BCUT2D eigenvalue weighted by molar-refractivity contribution is 7.75. The Morgan fingerprint density at radius 1 is 1.06 bits per heavy atom. The molecule has 0 aromatic carbocycles. The van der Waals surface area contributed by atoms with Crippen LogP contribution < -0.4 is 0 Å². The van der Waals surface area contributed by atoms with Gasteiger partial charge in [0.1, 0.15) is 5.73 Å². The van der Waals surface area contributed by atoms with Crippen molar-refractivity contribution < 1.29 is 17.8 Å². The van der Waals surface area contributed by atoms with Crippen molar-refractivity contribution in [3.8, 4) is 0 Å². The van der Waals surface area contributed by atoms with Gasteiger partial charge in [0, 0.05) is 19.8 Å². The molecule has 6 heteroatoms. The van der Waals surface area contributed by atoms with E-state index in [2.05, 4.69) is 26.4 Å². The molecule has 17 heavy (non-hydrogen) atoms. The number of hydrogen-bond acceptors (Lipinski definition) is 5. The highest BCUT2D eigenvalue weighted by atomic mass is 32.1. The molecule has 0 amide bonds. The summed E-state index contributed by atoms with van der Waals surface area (Å²) in [5.41, 5.74) is 0.0716. The summed E-state index contributed by atoms with van der Waals surface area (Å²) in [6.07, 6.45) is 1.74. The Balaban J connectivity index is 4.24.